The number of methoxy groups -OCH3 is 1. The molecular weight excluding hydrogens is 298 g/mol. The fourth-order valence-corrected chi connectivity index (χ4v) is 2.12. The van der Waals surface area contributed by atoms with Crippen molar-refractivity contribution >= 4 is 17.8 Å². The molecule has 0 unspecified atom stereocenters. The number of aromatic carboxylic acids is 1. The van der Waals surface area contributed by atoms with E-state index in [2.05, 4.69) is 5.32 Å². The van der Waals surface area contributed by atoms with Crippen molar-refractivity contribution < 1.29 is 24.2 Å². The fraction of sp³-hybridized carbons (Fsp3) is 0.118. The van der Waals surface area contributed by atoms with Crippen LogP contribution in [0.2, 0.25) is 0 Å². The van der Waals surface area contributed by atoms with Gasteiger partial charge in [0.2, 0.25) is 0 Å². The summed E-state index contributed by atoms with van der Waals surface area (Å²) >= 11 is 0. The number of hydrogen-bond donors (Lipinski definition) is 2. The zero-order chi connectivity index (χ0) is 16.8. The van der Waals surface area contributed by atoms with Crippen LogP contribution in [0.25, 0.3) is 0 Å². The highest BCUT2D eigenvalue weighted by Gasteiger charge is 2.25. The highest BCUT2D eigenvalue weighted by Crippen LogP contribution is 2.16. The molecule has 1 amide bonds. The molecule has 2 N–H and O–H groups in total. The van der Waals surface area contributed by atoms with Crippen LogP contribution >= 0.6 is 0 Å². The van der Waals surface area contributed by atoms with Gasteiger partial charge in [-0.25, -0.2) is 9.59 Å². The van der Waals surface area contributed by atoms with E-state index in [1.54, 1.807) is 36.4 Å². The third-order valence-electron chi connectivity index (χ3n) is 3.25. The number of nitrogens with one attached hydrogen (secondary N) is 1. The molecule has 0 heterocycles. The number of carboxylic acids is 1. The molecule has 118 valence electrons. The lowest BCUT2D eigenvalue weighted by Crippen LogP contribution is -2.35. The summed E-state index contributed by atoms with van der Waals surface area (Å²) < 4.78 is 4.71. The Morgan fingerprint density at radius 3 is 2.09 bits per heavy atom. The smallest absolute Gasteiger partial charge is 0.336 e. The molecule has 2 aromatic carbocycles. The minimum atomic E-state index is -1.22. The van der Waals surface area contributed by atoms with E-state index in [1.807, 2.05) is 0 Å². The molecule has 0 spiro atoms. The second-order valence-electron chi connectivity index (χ2n) is 4.69. The van der Waals surface area contributed by atoms with E-state index in [0.717, 1.165) is 0 Å². The molecule has 0 aliphatic heterocycles. The van der Waals surface area contributed by atoms with Gasteiger partial charge in [-0.2, -0.15) is 0 Å². The Hall–Kier alpha value is -3.15. The molecule has 0 aliphatic carbocycles. The third kappa shape index (κ3) is 3.74. The highest BCUT2D eigenvalue weighted by molar-refractivity contribution is 6.05. The van der Waals surface area contributed by atoms with Crippen LogP contribution in [0.3, 0.4) is 0 Å². The molecular formula is C17H15NO5. The average Bonchev–Trinajstić information content (AvgIpc) is 2.59. The zero-order valence-electron chi connectivity index (χ0n) is 12.4. The Labute approximate surface area is 132 Å². The van der Waals surface area contributed by atoms with E-state index in [-0.39, 0.29) is 11.1 Å². The summed E-state index contributed by atoms with van der Waals surface area (Å²) in [6, 6.07) is 13.3. The quantitative estimate of drug-likeness (QED) is 0.824. The van der Waals surface area contributed by atoms with E-state index in [0.29, 0.717) is 5.56 Å². The van der Waals surface area contributed by atoms with Gasteiger partial charge in [0.1, 0.15) is 0 Å². The molecule has 0 saturated carbocycles. The van der Waals surface area contributed by atoms with Crippen molar-refractivity contribution in [1.82, 2.24) is 5.32 Å². The number of esters is 1. The predicted molar refractivity (Wildman–Crippen MR) is 82.1 cm³/mol. The number of amides is 1. The molecule has 6 nitrogen and oxygen atoms in total. The van der Waals surface area contributed by atoms with Crippen LogP contribution in [0.5, 0.6) is 0 Å². The normalized spacial score (nSPS) is 11.3. The molecule has 0 fully saturated rings. The standard InChI is InChI=1S/C17H15NO5/c1-23-17(22)14(11-7-3-2-4-8-11)18-15(19)12-9-5-6-10-13(12)16(20)21/h2-10,14H,1H3,(H,18,19)(H,20,21)/t14-/m0/s1. The lowest BCUT2D eigenvalue weighted by Gasteiger charge is -2.17. The number of ether oxygens (including phenoxy) is 1. The van der Waals surface area contributed by atoms with Crippen LogP contribution in [0.15, 0.2) is 54.6 Å². The first-order chi connectivity index (χ1) is 11.0. The van der Waals surface area contributed by atoms with Gasteiger partial charge in [-0.15, -0.1) is 0 Å². The number of rotatable bonds is 5. The van der Waals surface area contributed by atoms with Crippen molar-refractivity contribution in [2.75, 3.05) is 7.11 Å². The molecule has 0 radical (unpaired) electrons. The number of carbonyl (C=O) groups is 3. The minimum Gasteiger partial charge on any atom is -0.478 e. The Balaban J connectivity index is 2.32. The molecule has 23 heavy (non-hydrogen) atoms. The van der Waals surface area contributed by atoms with Crippen LogP contribution in [0.4, 0.5) is 0 Å². The van der Waals surface area contributed by atoms with Gasteiger partial charge in [0.25, 0.3) is 5.91 Å². The van der Waals surface area contributed by atoms with E-state index >= 15 is 0 Å². The van der Waals surface area contributed by atoms with Crippen molar-refractivity contribution in [2.24, 2.45) is 0 Å². The molecule has 0 bridgehead atoms. The maximum Gasteiger partial charge on any atom is 0.336 e. The lowest BCUT2D eigenvalue weighted by atomic mass is 10.0. The van der Waals surface area contributed by atoms with Gasteiger partial charge in [0, 0.05) is 0 Å². The first kappa shape index (κ1) is 16.2. The van der Waals surface area contributed by atoms with Gasteiger partial charge >= 0.3 is 11.9 Å². The number of hydrogen-bond acceptors (Lipinski definition) is 4. The summed E-state index contributed by atoms with van der Waals surface area (Å²) in [4.78, 5) is 35.5. The Morgan fingerprint density at radius 2 is 1.52 bits per heavy atom. The van der Waals surface area contributed by atoms with Crippen molar-refractivity contribution in [3.8, 4) is 0 Å². The van der Waals surface area contributed by atoms with Crippen LogP contribution in [0.1, 0.15) is 32.3 Å². The summed E-state index contributed by atoms with van der Waals surface area (Å²) in [5.74, 6) is -2.52. The average molecular weight is 313 g/mol. The van der Waals surface area contributed by atoms with Crippen LogP contribution in [0, 0.1) is 0 Å². The monoisotopic (exact) mass is 313 g/mol. The topological polar surface area (TPSA) is 92.7 Å². The maximum absolute atomic E-state index is 12.4. The van der Waals surface area contributed by atoms with Crippen molar-refractivity contribution in [3.05, 3.63) is 71.3 Å². The van der Waals surface area contributed by atoms with Crippen molar-refractivity contribution in [1.29, 1.82) is 0 Å². The van der Waals surface area contributed by atoms with Crippen LogP contribution in [-0.4, -0.2) is 30.1 Å². The van der Waals surface area contributed by atoms with E-state index in [1.165, 1.54) is 25.3 Å². The molecule has 0 saturated heterocycles. The number of benzene rings is 2. The summed E-state index contributed by atoms with van der Waals surface area (Å²) in [7, 11) is 1.22. The van der Waals surface area contributed by atoms with Crippen molar-refractivity contribution in [3.63, 3.8) is 0 Å². The lowest BCUT2D eigenvalue weighted by molar-refractivity contribution is -0.143. The summed E-state index contributed by atoms with van der Waals surface area (Å²) in [6.07, 6.45) is 0. The molecule has 0 aromatic heterocycles. The Bertz CT molecular complexity index is 727. The predicted octanol–water partition coefficient (Wildman–Crippen LogP) is 2.03. The maximum atomic E-state index is 12.4. The fourth-order valence-electron chi connectivity index (χ4n) is 2.12. The SMILES string of the molecule is COC(=O)[C@@H](NC(=O)c1ccccc1C(=O)O)c1ccccc1. The Morgan fingerprint density at radius 1 is 0.957 bits per heavy atom. The van der Waals surface area contributed by atoms with Crippen molar-refractivity contribution in [2.45, 2.75) is 6.04 Å². The first-order valence-corrected chi connectivity index (χ1v) is 6.80. The zero-order valence-corrected chi connectivity index (χ0v) is 12.4. The summed E-state index contributed by atoms with van der Waals surface area (Å²) in [5, 5.41) is 11.7. The second kappa shape index (κ2) is 7.22. The molecule has 6 heteroatoms. The molecule has 1 atom stereocenters. The van der Waals surface area contributed by atoms with Crippen LogP contribution < -0.4 is 5.32 Å². The second-order valence-corrected chi connectivity index (χ2v) is 4.69. The first-order valence-electron chi connectivity index (χ1n) is 6.80. The summed E-state index contributed by atoms with van der Waals surface area (Å²) in [6.45, 7) is 0. The van der Waals surface area contributed by atoms with Crippen LogP contribution in [-0.2, 0) is 9.53 Å². The molecule has 2 aromatic rings. The summed E-state index contributed by atoms with van der Waals surface area (Å²) in [5.41, 5.74) is 0.381. The Kier molecular flexibility index (Phi) is 5.09. The van der Waals surface area contributed by atoms with Gasteiger partial charge in [0.05, 0.1) is 18.2 Å². The van der Waals surface area contributed by atoms with Gasteiger partial charge in [-0.3, -0.25) is 4.79 Å². The number of carboxylic acid groups (broad SMARTS) is 1. The molecule has 0 aliphatic rings. The highest BCUT2D eigenvalue weighted by atomic mass is 16.5. The minimum absolute atomic E-state index is 0.0233. The van der Waals surface area contributed by atoms with Gasteiger partial charge in [0.15, 0.2) is 6.04 Å². The van der Waals surface area contributed by atoms with Gasteiger partial charge in [-0.05, 0) is 17.7 Å². The third-order valence-corrected chi connectivity index (χ3v) is 3.25. The number of carbonyl (C=O) groups excluding carboxylic acids is 2. The van der Waals surface area contributed by atoms with Gasteiger partial charge < -0.3 is 15.2 Å². The van der Waals surface area contributed by atoms with E-state index < -0.39 is 23.9 Å². The largest absolute Gasteiger partial charge is 0.478 e. The van der Waals surface area contributed by atoms with Gasteiger partial charge in [-0.1, -0.05) is 42.5 Å². The van der Waals surface area contributed by atoms with E-state index in [9.17, 15) is 14.4 Å². The molecule has 2 rings (SSSR count). The van der Waals surface area contributed by atoms with E-state index in [4.69, 9.17) is 9.84 Å².